The minimum absolute atomic E-state index is 0.0532. The second kappa shape index (κ2) is 9.13. The second-order valence-electron chi connectivity index (χ2n) is 11.1. The van der Waals surface area contributed by atoms with Crippen molar-refractivity contribution < 1.29 is 14.3 Å². The number of benzene rings is 4. The number of hydrogen-bond acceptors (Lipinski definition) is 3. The summed E-state index contributed by atoms with van der Waals surface area (Å²) >= 11 is 0. The van der Waals surface area contributed by atoms with E-state index in [1.165, 1.54) is 22.3 Å². The number of rotatable bonds is 4. The molecule has 2 heterocycles. The number of aryl methyl sites for hydroxylation is 1. The molecular formula is C34H31NO3. The lowest BCUT2D eigenvalue weighted by molar-refractivity contribution is 0.0506. The third kappa shape index (κ3) is 3.65. The molecule has 0 saturated carbocycles. The minimum atomic E-state index is -0.230. The zero-order valence-electron chi connectivity index (χ0n) is 21.6. The van der Waals surface area contributed by atoms with Crippen LogP contribution in [0.4, 0.5) is 4.79 Å². The molecule has 1 amide bonds. The number of fused-ring (bicyclic) bond motifs is 6. The van der Waals surface area contributed by atoms with Gasteiger partial charge in [0.15, 0.2) is 5.78 Å². The van der Waals surface area contributed by atoms with E-state index >= 15 is 0 Å². The van der Waals surface area contributed by atoms with Crippen LogP contribution in [0.2, 0.25) is 0 Å². The molecule has 1 aliphatic carbocycles. The van der Waals surface area contributed by atoms with Crippen molar-refractivity contribution in [2.45, 2.75) is 50.6 Å². The van der Waals surface area contributed by atoms with Crippen LogP contribution in [0.15, 0.2) is 84.9 Å². The van der Waals surface area contributed by atoms with Crippen LogP contribution >= 0.6 is 0 Å². The highest BCUT2D eigenvalue weighted by atomic mass is 16.6. The Bertz CT molecular complexity index is 1510. The van der Waals surface area contributed by atoms with Gasteiger partial charge >= 0.3 is 6.09 Å². The molecule has 2 aliphatic heterocycles. The smallest absolute Gasteiger partial charge is 0.410 e. The lowest BCUT2D eigenvalue weighted by atomic mass is 9.82. The Kier molecular flexibility index (Phi) is 5.57. The first kappa shape index (κ1) is 23.2. The summed E-state index contributed by atoms with van der Waals surface area (Å²) in [7, 11) is 0. The highest BCUT2D eigenvalue weighted by Gasteiger charge is 2.46. The van der Waals surface area contributed by atoms with Gasteiger partial charge in [0.2, 0.25) is 0 Å². The van der Waals surface area contributed by atoms with Gasteiger partial charge in [-0.3, -0.25) is 4.79 Å². The van der Waals surface area contributed by atoms with Crippen molar-refractivity contribution in [2.24, 2.45) is 5.92 Å². The maximum atomic E-state index is 13.8. The fourth-order valence-electron chi connectivity index (χ4n) is 7.27. The van der Waals surface area contributed by atoms with E-state index in [9.17, 15) is 9.59 Å². The van der Waals surface area contributed by atoms with Crippen molar-refractivity contribution in [1.82, 2.24) is 4.90 Å². The van der Waals surface area contributed by atoms with E-state index in [-0.39, 0.29) is 35.8 Å². The van der Waals surface area contributed by atoms with Gasteiger partial charge in [0.05, 0.1) is 0 Å². The zero-order valence-corrected chi connectivity index (χ0v) is 21.6. The topological polar surface area (TPSA) is 46.6 Å². The normalized spacial score (nSPS) is 21.8. The fraction of sp³-hybridized carbons (Fsp3) is 0.294. The van der Waals surface area contributed by atoms with Crippen LogP contribution in [0.25, 0.3) is 21.9 Å². The van der Waals surface area contributed by atoms with Gasteiger partial charge in [-0.1, -0.05) is 84.9 Å². The summed E-state index contributed by atoms with van der Waals surface area (Å²) < 4.78 is 6.02. The predicted octanol–water partition coefficient (Wildman–Crippen LogP) is 7.52. The van der Waals surface area contributed by atoms with E-state index < -0.39 is 0 Å². The van der Waals surface area contributed by atoms with Gasteiger partial charge in [0.1, 0.15) is 6.61 Å². The van der Waals surface area contributed by atoms with Crippen LogP contribution in [0.1, 0.15) is 58.6 Å². The van der Waals surface area contributed by atoms with Crippen molar-refractivity contribution >= 4 is 22.6 Å². The molecule has 38 heavy (non-hydrogen) atoms. The molecule has 2 fully saturated rings. The molecule has 0 radical (unpaired) electrons. The van der Waals surface area contributed by atoms with E-state index in [4.69, 9.17) is 4.74 Å². The minimum Gasteiger partial charge on any atom is -0.448 e. The Morgan fingerprint density at radius 1 is 0.789 bits per heavy atom. The number of carbonyl (C=O) groups excluding carboxylic acids is 2. The zero-order chi connectivity index (χ0) is 25.8. The molecule has 2 atom stereocenters. The largest absolute Gasteiger partial charge is 0.448 e. The van der Waals surface area contributed by atoms with Crippen LogP contribution in [0.3, 0.4) is 0 Å². The number of ether oxygens (including phenoxy) is 1. The predicted molar refractivity (Wildman–Crippen MR) is 149 cm³/mol. The van der Waals surface area contributed by atoms with Gasteiger partial charge in [0.25, 0.3) is 0 Å². The Balaban J connectivity index is 1.08. The van der Waals surface area contributed by atoms with Crippen molar-refractivity contribution in [3.05, 3.63) is 107 Å². The molecule has 2 unspecified atom stereocenters. The highest BCUT2D eigenvalue weighted by molar-refractivity contribution is 6.10. The average molecular weight is 502 g/mol. The fourth-order valence-corrected chi connectivity index (χ4v) is 7.27. The van der Waals surface area contributed by atoms with Gasteiger partial charge in [-0.15, -0.1) is 0 Å². The molecular weight excluding hydrogens is 470 g/mol. The maximum absolute atomic E-state index is 13.8. The summed E-state index contributed by atoms with van der Waals surface area (Å²) in [6.07, 6.45) is 3.07. The van der Waals surface area contributed by atoms with E-state index in [0.29, 0.717) is 19.4 Å². The summed E-state index contributed by atoms with van der Waals surface area (Å²) in [5, 5.41) is 2.13. The van der Waals surface area contributed by atoms with Crippen LogP contribution in [0.5, 0.6) is 0 Å². The Hall–Kier alpha value is -3.92. The lowest BCUT2D eigenvalue weighted by Gasteiger charge is -2.38. The monoisotopic (exact) mass is 501 g/mol. The maximum Gasteiger partial charge on any atom is 0.410 e. The quantitative estimate of drug-likeness (QED) is 0.272. The molecule has 4 nitrogen and oxygen atoms in total. The summed E-state index contributed by atoms with van der Waals surface area (Å²) in [5.74, 6) is 0.218. The second-order valence-corrected chi connectivity index (χ2v) is 11.1. The number of piperidine rings is 1. The van der Waals surface area contributed by atoms with Crippen LogP contribution in [-0.2, 0) is 4.74 Å². The summed E-state index contributed by atoms with van der Waals surface area (Å²) in [4.78, 5) is 29.2. The first-order valence-corrected chi connectivity index (χ1v) is 13.8. The van der Waals surface area contributed by atoms with Crippen LogP contribution < -0.4 is 0 Å². The number of carbonyl (C=O) groups is 2. The van der Waals surface area contributed by atoms with E-state index in [1.54, 1.807) is 0 Å². The van der Waals surface area contributed by atoms with E-state index in [1.807, 2.05) is 24.0 Å². The molecule has 3 aliphatic rings. The molecule has 2 saturated heterocycles. The SMILES string of the molecule is Cc1ccc2ccccc2c1C(=O)C1CC2CCC(C1)N2C(=O)OCC1c2ccccc2-c2ccccc21. The van der Waals surface area contributed by atoms with Crippen molar-refractivity contribution in [2.75, 3.05) is 6.61 Å². The van der Waals surface area contributed by atoms with E-state index in [0.717, 1.165) is 34.7 Å². The van der Waals surface area contributed by atoms with Gasteiger partial charge < -0.3 is 9.64 Å². The third-order valence-electron chi connectivity index (χ3n) is 9.03. The van der Waals surface area contributed by atoms with E-state index in [2.05, 4.69) is 72.8 Å². The average Bonchev–Trinajstić information content (AvgIpc) is 3.41. The summed E-state index contributed by atoms with van der Waals surface area (Å²) in [5.41, 5.74) is 6.78. The highest BCUT2D eigenvalue weighted by Crippen LogP contribution is 2.45. The number of amides is 1. The molecule has 7 rings (SSSR count). The summed E-state index contributed by atoms with van der Waals surface area (Å²) in [6.45, 7) is 2.36. The first-order chi connectivity index (χ1) is 18.6. The molecule has 2 bridgehead atoms. The van der Waals surface area contributed by atoms with Crippen molar-refractivity contribution in [1.29, 1.82) is 0 Å². The van der Waals surface area contributed by atoms with Crippen LogP contribution in [0, 0.1) is 12.8 Å². The molecule has 0 aromatic heterocycles. The number of Topliss-reactive ketones (excluding diaryl/α,β-unsaturated/α-hetero) is 1. The van der Waals surface area contributed by atoms with Crippen molar-refractivity contribution in [3.63, 3.8) is 0 Å². The van der Waals surface area contributed by atoms with Crippen molar-refractivity contribution in [3.8, 4) is 11.1 Å². The number of ketones is 1. The Morgan fingerprint density at radius 2 is 1.39 bits per heavy atom. The Morgan fingerprint density at radius 3 is 2.08 bits per heavy atom. The number of nitrogens with zero attached hydrogens (tertiary/aromatic N) is 1. The molecule has 0 N–H and O–H groups in total. The molecule has 4 aromatic rings. The van der Waals surface area contributed by atoms with Gasteiger partial charge in [-0.2, -0.15) is 0 Å². The van der Waals surface area contributed by atoms with Gasteiger partial charge in [-0.05, 0) is 71.2 Å². The molecule has 4 aromatic carbocycles. The third-order valence-corrected chi connectivity index (χ3v) is 9.03. The molecule has 4 heteroatoms. The standard InChI is InChI=1S/C34H31NO3/c1-21-14-15-22-8-2-3-9-26(22)32(21)33(36)23-18-24-16-17-25(19-23)35(24)34(37)38-20-31-29-12-6-4-10-27(29)28-11-5-7-13-30(28)31/h2-15,23-25,31H,16-20H2,1H3. The van der Waals surface area contributed by atoms with Crippen LogP contribution in [-0.4, -0.2) is 35.5 Å². The van der Waals surface area contributed by atoms with Gasteiger partial charge in [-0.25, -0.2) is 4.79 Å². The first-order valence-electron chi connectivity index (χ1n) is 13.8. The summed E-state index contributed by atoms with van der Waals surface area (Å²) in [6, 6.07) is 29.2. The molecule has 190 valence electrons. The van der Waals surface area contributed by atoms with Gasteiger partial charge in [0, 0.05) is 29.5 Å². The number of hydrogen-bond donors (Lipinski definition) is 0. The Labute approximate surface area is 223 Å². The molecule has 0 spiro atoms. The lowest BCUT2D eigenvalue weighted by Crippen LogP contribution is -2.48.